The fraction of sp³-hybridized carbons (Fsp3) is 0.316. The largest absolute Gasteiger partial charge is 0.348 e. The SMILES string of the molecule is NS(=O)(=O)c1ccc(CNC(=O)c2ccc([C@H]3CCCNC3)cc2)cc1. The van der Waals surface area contributed by atoms with Gasteiger partial charge in [0.25, 0.3) is 5.91 Å². The molecule has 0 saturated carbocycles. The van der Waals surface area contributed by atoms with E-state index in [4.69, 9.17) is 5.14 Å². The van der Waals surface area contributed by atoms with Crippen LogP contribution in [0.1, 0.15) is 40.2 Å². The van der Waals surface area contributed by atoms with Crippen molar-refractivity contribution < 1.29 is 13.2 Å². The molecule has 0 aromatic heterocycles. The first-order valence-electron chi connectivity index (χ1n) is 8.64. The van der Waals surface area contributed by atoms with Crippen LogP contribution in [-0.4, -0.2) is 27.4 Å². The van der Waals surface area contributed by atoms with Gasteiger partial charge in [0.2, 0.25) is 10.0 Å². The van der Waals surface area contributed by atoms with Crippen LogP contribution in [0.5, 0.6) is 0 Å². The van der Waals surface area contributed by atoms with E-state index in [1.165, 1.54) is 30.5 Å². The Labute approximate surface area is 153 Å². The lowest BCUT2D eigenvalue weighted by atomic mass is 9.91. The van der Waals surface area contributed by atoms with Crippen molar-refractivity contribution in [3.63, 3.8) is 0 Å². The minimum absolute atomic E-state index is 0.0559. The summed E-state index contributed by atoms with van der Waals surface area (Å²) in [6.45, 7) is 2.38. The number of hydrogen-bond donors (Lipinski definition) is 3. The molecule has 0 unspecified atom stereocenters. The molecule has 1 heterocycles. The lowest BCUT2D eigenvalue weighted by molar-refractivity contribution is 0.0951. The van der Waals surface area contributed by atoms with Crippen molar-refractivity contribution in [1.82, 2.24) is 10.6 Å². The maximum Gasteiger partial charge on any atom is 0.251 e. The smallest absolute Gasteiger partial charge is 0.251 e. The van der Waals surface area contributed by atoms with Gasteiger partial charge in [0, 0.05) is 18.7 Å². The topological polar surface area (TPSA) is 101 Å². The van der Waals surface area contributed by atoms with Crippen molar-refractivity contribution in [2.24, 2.45) is 5.14 Å². The molecule has 3 rings (SSSR count). The van der Waals surface area contributed by atoms with Crippen molar-refractivity contribution in [3.8, 4) is 0 Å². The average Bonchev–Trinajstić information content (AvgIpc) is 2.66. The Hall–Kier alpha value is -2.22. The number of sulfonamides is 1. The summed E-state index contributed by atoms with van der Waals surface area (Å²) < 4.78 is 22.5. The standard InChI is InChI=1S/C19H23N3O3S/c20-26(24,25)18-9-3-14(4-10-18)12-22-19(23)16-7-5-15(6-8-16)17-2-1-11-21-13-17/h3-10,17,21H,1-2,11-13H2,(H,22,23)(H2,20,24,25)/t17-/m0/s1. The third-order valence-electron chi connectivity index (χ3n) is 4.65. The van der Waals surface area contributed by atoms with Crippen LogP contribution < -0.4 is 15.8 Å². The number of hydrogen-bond acceptors (Lipinski definition) is 4. The number of amides is 1. The van der Waals surface area contributed by atoms with E-state index in [-0.39, 0.29) is 10.8 Å². The quantitative estimate of drug-likeness (QED) is 0.743. The zero-order valence-corrected chi connectivity index (χ0v) is 15.3. The number of carbonyl (C=O) groups excluding carboxylic acids is 1. The van der Waals surface area contributed by atoms with E-state index in [0.29, 0.717) is 18.0 Å². The molecule has 0 bridgehead atoms. The van der Waals surface area contributed by atoms with Crippen molar-refractivity contribution in [1.29, 1.82) is 0 Å². The van der Waals surface area contributed by atoms with Gasteiger partial charge in [-0.05, 0) is 60.7 Å². The molecule has 6 nitrogen and oxygen atoms in total. The van der Waals surface area contributed by atoms with E-state index in [0.717, 1.165) is 18.7 Å². The van der Waals surface area contributed by atoms with Crippen molar-refractivity contribution in [2.75, 3.05) is 13.1 Å². The van der Waals surface area contributed by atoms with E-state index in [9.17, 15) is 13.2 Å². The van der Waals surface area contributed by atoms with Gasteiger partial charge < -0.3 is 10.6 Å². The molecule has 1 amide bonds. The molecule has 0 spiro atoms. The highest BCUT2D eigenvalue weighted by Crippen LogP contribution is 2.23. The van der Waals surface area contributed by atoms with Crippen LogP contribution in [0.25, 0.3) is 0 Å². The van der Waals surface area contributed by atoms with Crippen LogP contribution in [-0.2, 0) is 16.6 Å². The van der Waals surface area contributed by atoms with Gasteiger partial charge in [0.15, 0.2) is 0 Å². The third-order valence-corrected chi connectivity index (χ3v) is 5.58. The first-order valence-corrected chi connectivity index (χ1v) is 10.2. The second kappa shape index (κ2) is 7.99. The van der Waals surface area contributed by atoms with Crippen LogP contribution in [0, 0.1) is 0 Å². The molecule has 0 radical (unpaired) electrons. The third kappa shape index (κ3) is 4.69. The minimum atomic E-state index is -3.70. The second-order valence-corrected chi connectivity index (χ2v) is 8.10. The highest BCUT2D eigenvalue weighted by atomic mass is 32.2. The molecular formula is C19H23N3O3S. The molecule has 0 aliphatic carbocycles. The molecule has 26 heavy (non-hydrogen) atoms. The van der Waals surface area contributed by atoms with Gasteiger partial charge in [-0.1, -0.05) is 24.3 Å². The average molecular weight is 373 g/mol. The predicted octanol–water partition coefficient (Wildman–Crippen LogP) is 1.73. The molecule has 1 aliphatic heterocycles. The number of benzene rings is 2. The molecule has 2 aromatic carbocycles. The zero-order valence-electron chi connectivity index (χ0n) is 14.4. The van der Waals surface area contributed by atoms with Crippen LogP contribution in [0.4, 0.5) is 0 Å². The number of rotatable bonds is 5. The van der Waals surface area contributed by atoms with Gasteiger partial charge in [0.05, 0.1) is 4.90 Å². The summed E-state index contributed by atoms with van der Waals surface area (Å²) in [5.41, 5.74) is 2.67. The fourth-order valence-corrected chi connectivity index (χ4v) is 3.64. The van der Waals surface area contributed by atoms with E-state index in [1.807, 2.05) is 24.3 Å². The summed E-state index contributed by atoms with van der Waals surface area (Å²) in [6, 6.07) is 13.9. The van der Waals surface area contributed by atoms with Gasteiger partial charge in [-0.3, -0.25) is 4.79 Å². The highest BCUT2D eigenvalue weighted by molar-refractivity contribution is 7.89. The number of primary sulfonamides is 1. The van der Waals surface area contributed by atoms with Gasteiger partial charge in [0.1, 0.15) is 0 Å². The molecule has 7 heteroatoms. The minimum Gasteiger partial charge on any atom is -0.348 e. The van der Waals surface area contributed by atoms with Crippen LogP contribution in [0.15, 0.2) is 53.4 Å². The predicted molar refractivity (Wildman–Crippen MR) is 100 cm³/mol. The Kier molecular flexibility index (Phi) is 5.70. The number of nitrogens with one attached hydrogen (secondary N) is 2. The highest BCUT2D eigenvalue weighted by Gasteiger charge is 2.15. The van der Waals surface area contributed by atoms with E-state index >= 15 is 0 Å². The second-order valence-electron chi connectivity index (χ2n) is 6.54. The number of piperidine rings is 1. The summed E-state index contributed by atoms with van der Waals surface area (Å²) in [5, 5.41) is 11.3. The maximum absolute atomic E-state index is 12.3. The van der Waals surface area contributed by atoms with Gasteiger partial charge >= 0.3 is 0 Å². The molecule has 138 valence electrons. The Bertz CT molecular complexity index is 856. The van der Waals surface area contributed by atoms with Gasteiger partial charge in [-0.2, -0.15) is 0 Å². The van der Waals surface area contributed by atoms with Crippen LogP contribution in [0.3, 0.4) is 0 Å². The maximum atomic E-state index is 12.3. The Balaban J connectivity index is 1.57. The molecule has 1 aliphatic rings. The molecular weight excluding hydrogens is 350 g/mol. The first kappa shape index (κ1) is 18.6. The summed E-state index contributed by atoms with van der Waals surface area (Å²) >= 11 is 0. The monoisotopic (exact) mass is 373 g/mol. The Morgan fingerprint density at radius 2 is 1.81 bits per heavy atom. The normalized spacial score (nSPS) is 17.7. The van der Waals surface area contributed by atoms with Crippen molar-refractivity contribution >= 4 is 15.9 Å². The lowest BCUT2D eigenvalue weighted by Crippen LogP contribution is -2.28. The van der Waals surface area contributed by atoms with Gasteiger partial charge in [-0.15, -0.1) is 0 Å². The lowest BCUT2D eigenvalue weighted by Gasteiger charge is -2.23. The summed E-state index contributed by atoms with van der Waals surface area (Å²) in [7, 11) is -3.70. The fourth-order valence-electron chi connectivity index (χ4n) is 3.12. The first-order chi connectivity index (χ1) is 12.4. The van der Waals surface area contributed by atoms with Crippen molar-refractivity contribution in [3.05, 3.63) is 65.2 Å². The van der Waals surface area contributed by atoms with E-state index < -0.39 is 10.0 Å². The summed E-state index contributed by atoms with van der Waals surface area (Å²) in [6.07, 6.45) is 2.35. The zero-order chi connectivity index (χ0) is 18.6. The molecule has 2 aromatic rings. The Morgan fingerprint density at radius 1 is 1.12 bits per heavy atom. The summed E-state index contributed by atoms with van der Waals surface area (Å²) in [4.78, 5) is 12.3. The van der Waals surface area contributed by atoms with Gasteiger partial charge in [-0.25, -0.2) is 13.6 Å². The Morgan fingerprint density at radius 3 is 2.38 bits per heavy atom. The number of carbonyl (C=O) groups is 1. The van der Waals surface area contributed by atoms with Crippen LogP contribution in [0.2, 0.25) is 0 Å². The van der Waals surface area contributed by atoms with E-state index in [2.05, 4.69) is 10.6 Å². The summed E-state index contributed by atoms with van der Waals surface area (Å²) in [5.74, 6) is 0.354. The molecule has 1 saturated heterocycles. The number of nitrogens with two attached hydrogens (primary N) is 1. The van der Waals surface area contributed by atoms with Crippen LogP contribution >= 0.6 is 0 Å². The molecule has 4 N–H and O–H groups in total. The molecule has 1 atom stereocenters. The molecule has 1 fully saturated rings. The van der Waals surface area contributed by atoms with E-state index in [1.54, 1.807) is 12.1 Å². The van der Waals surface area contributed by atoms with Crippen molar-refractivity contribution in [2.45, 2.75) is 30.2 Å².